The Morgan fingerprint density at radius 2 is 0.911 bits per heavy atom. The maximum Gasteiger partial charge on any atom is 0.136 e. The monoisotopic (exact) mass is 586 g/mol. The molecule has 0 fully saturated rings. The second kappa shape index (κ2) is 10.4. The number of fused-ring (bicyclic) bond motifs is 5. The Hall–Kier alpha value is -5.92. The summed E-state index contributed by atoms with van der Waals surface area (Å²) in [7, 11) is 0. The number of para-hydroxylation sites is 1. The third-order valence-electron chi connectivity index (χ3n) is 8.12. The first-order valence-corrected chi connectivity index (χ1v) is 14.3. The van der Waals surface area contributed by atoms with Crippen LogP contribution in [-0.4, -0.2) is 0 Å². The van der Waals surface area contributed by atoms with Crippen molar-refractivity contribution in [2.24, 2.45) is 0 Å². The minimum atomic E-state index is -0.668. The predicted octanol–water partition coefficient (Wildman–Crippen LogP) is 12.6. The smallest absolute Gasteiger partial charge is 0.136 e. The molecular formula is C44H28O. The number of hydrogen-bond acceptors (Lipinski definition) is 1. The molecule has 0 saturated carbocycles. The number of rotatable bonds is 4. The summed E-state index contributed by atoms with van der Waals surface area (Å²) < 4.78 is 129. The molecule has 0 radical (unpaired) electrons. The van der Waals surface area contributed by atoms with Gasteiger partial charge in [0.25, 0.3) is 0 Å². The zero-order valence-corrected chi connectivity index (χ0v) is 23.5. The van der Waals surface area contributed by atoms with Crippen molar-refractivity contribution in [3.05, 3.63) is 170 Å². The van der Waals surface area contributed by atoms with Gasteiger partial charge in [-0.2, -0.15) is 0 Å². The van der Waals surface area contributed by atoms with Gasteiger partial charge in [-0.15, -0.1) is 0 Å². The molecule has 0 aliphatic carbocycles. The van der Waals surface area contributed by atoms with Crippen LogP contribution >= 0.6 is 0 Å². The second-order valence-electron chi connectivity index (χ2n) is 10.6. The van der Waals surface area contributed by atoms with Crippen molar-refractivity contribution in [2.45, 2.75) is 0 Å². The molecule has 0 bridgehead atoms. The van der Waals surface area contributed by atoms with E-state index in [-0.39, 0.29) is 16.7 Å². The molecule has 0 spiro atoms. The average Bonchev–Trinajstić information content (AvgIpc) is 3.63. The van der Waals surface area contributed by atoms with Crippen molar-refractivity contribution in [2.75, 3.05) is 0 Å². The van der Waals surface area contributed by atoms with Gasteiger partial charge in [-0.05, 0) is 78.7 Å². The summed E-state index contributed by atoms with van der Waals surface area (Å²) in [6.45, 7) is 0. The van der Waals surface area contributed by atoms with Gasteiger partial charge in [0.05, 0.1) is 19.2 Å². The highest BCUT2D eigenvalue weighted by Crippen LogP contribution is 2.50. The maximum absolute atomic E-state index is 9.62. The van der Waals surface area contributed by atoms with Crippen molar-refractivity contribution in [1.82, 2.24) is 0 Å². The van der Waals surface area contributed by atoms with Crippen LogP contribution in [0.2, 0.25) is 0 Å². The van der Waals surface area contributed by atoms with E-state index in [1.165, 1.54) is 0 Å². The highest BCUT2D eigenvalue weighted by Gasteiger charge is 2.23. The lowest BCUT2D eigenvalue weighted by molar-refractivity contribution is 0.669. The van der Waals surface area contributed by atoms with Crippen LogP contribution in [0.3, 0.4) is 0 Å². The van der Waals surface area contributed by atoms with Crippen molar-refractivity contribution < 1.29 is 23.6 Å². The standard InChI is InChI=1S/C44H28O/c1-3-14-29(15-4-1)31-18-13-19-32(28-31)41-34-20-7-9-22-36(34)42(37-23-10-8-21-35(37)41)44-33(30-16-5-2-6-17-30)26-27-40-43(44)38-24-11-12-25-39(38)45-40/h1-28H/i1D,2D,3D,4D,5D,6D,13D,14D,15D,16D,17D,18D,19D,28D. The fourth-order valence-corrected chi connectivity index (χ4v) is 6.31. The summed E-state index contributed by atoms with van der Waals surface area (Å²) in [6, 6.07) is 17.3. The fraction of sp³-hybridized carbons (Fsp3) is 0. The molecule has 0 saturated heterocycles. The molecule has 1 heterocycles. The maximum atomic E-state index is 9.62. The highest BCUT2D eigenvalue weighted by atomic mass is 16.3. The molecule has 1 aromatic heterocycles. The quantitative estimate of drug-likeness (QED) is 0.187. The van der Waals surface area contributed by atoms with Crippen molar-refractivity contribution in [3.8, 4) is 44.5 Å². The van der Waals surface area contributed by atoms with Gasteiger partial charge >= 0.3 is 0 Å². The molecular weight excluding hydrogens is 544 g/mol. The lowest BCUT2D eigenvalue weighted by atomic mass is 9.82. The van der Waals surface area contributed by atoms with Crippen molar-refractivity contribution in [3.63, 3.8) is 0 Å². The zero-order chi connectivity index (χ0) is 41.9. The highest BCUT2D eigenvalue weighted by molar-refractivity contribution is 6.27. The molecule has 8 aromatic carbocycles. The molecule has 9 rings (SSSR count). The van der Waals surface area contributed by atoms with Crippen LogP contribution in [0, 0.1) is 0 Å². The summed E-state index contributed by atoms with van der Waals surface area (Å²) in [5, 5.41) is 3.44. The van der Waals surface area contributed by atoms with Crippen LogP contribution in [0.5, 0.6) is 0 Å². The molecule has 0 aliphatic rings. The summed E-state index contributed by atoms with van der Waals surface area (Å²) in [4.78, 5) is 0. The van der Waals surface area contributed by atoms with E-state index in [4.69, 9.17) is 20.9 Å². The first kappa shape index (κ1) is 15.2. The van der Waals surface area contributed by atoms with Crippen LogP contribution in [0.15, 0.2) is 174 Å². The van der Waals surface area contributed by atoms with Crippen LogP contribution in [0.1, 0.15) is 19.2 Å². The Kier molecular flexibility index (Phi) is 3.50. The molecule has 0 aliphatic heterocycles. The summed E-state index contributed by atoms with van der Waals surface area (Å²) in [6.07, 6.45) is 0. The fourth-order valence-electron chi connectivity index (χ4n) is 6.31. The summed E-state index contributed by atoms with van der Waals surface area (Å²) >= 11 is 0. The Morgan fingerprint density at radius 1 is 0.378 bits per heavy atom. The Labute approximate surface area is 281 Å². The van der Waals surface area contributed by atoms with Crippen LogP contribution in [0.25, 0.3) is 88.0 Å². The molecule has 45 heavy (non-hydrogen) atoms. The SMILES string of the molecule is [2H]c1c([2H])c([2H])c(-c2ccc3oc4ccccc4c3c2-c2c3ccccc3c(-c3c([2H])c([2H])c([2H])c(-c4c([2H])c([2H])c([2H])c([2H])c4[2H])c3[2H])c3ccccc23)c([2H])c1[2H]. The van der Waals surface area contributed by atoms with E-state index >= 15 is 0 Å². The molecule has 0 unspecified atom stereocenters. The Balaban J connectivity index is 1.50. The number of benzene rings is 8. The molecule has 1 nitrogen and oxygen atoms in total. The second-order valence-corrected chi connectivity index (χ2v) is 10.6. The van der Waals surface area contributed by atoms with E-state index in [2.05, 4.69) is 0 Å². The van der Waals surface area contributed by atoms with Gasteiger partial charge in [0.2, 0.25) is 0 Å². The van der Waals surface area contributed by atoms with Crippen LogP contribution in [0.4, 0.5) is 0 Å². The zero-order valence-electron chi connectivity index (χ0n) is 37.5. The van der Waals surface area contributed by atoms with E-state index in [0.717, 1.165) is 0 Å². The molecule has 0 N–H and O–H groups in total. The van der Waals surface area contributed by atoms with E-state index in [1.807, 2.05) is 36.4 Å². The Bertz CT molecular complexity index is 3220. The first-order chi connectivity index (χ1) is 28.2. The number of furan rings is 1. The van der Waals surface area contributed by atoms with E-state index in [0.29, 0.717) is 65.7 Å². The van der Waals surface area contributed by atoms with Gasteiger partial charge in [0.1, 0.15) is 11.2 Å². The number of hydrogen-bond donors (Lipinski definition) is 0. The first-order valence-electron chi connectivity index (χ1n) is 21.3. The Morgan fingerprint density at radius 3 is 1.58 bits per heavy atom. The van der Waals surface area contributed by atoms with Crippen LogP contribution < -0.4 is 0 Å². The molecule has 210 valence electrons. The largest absolute Gasteiger partial charge is 0.456 e. The van der Waals surface area contributed by atoms with Crippen molar-refractivity contribution in [1.29, 1.82) is 0 Å². The minimum Gasteiger partial charge on any atom is -0.456 e. The minimum absolute atomic E-state index is 0.0227. The van der Waals surface area contributed by atoms with E-state index in [9.17, 15) is 2.74 Å². The summed E-state index contributed by atoms with van der Waals surface area (Å²) in [5.74, 6) is 0. The van der Waals surface area contributed by atoms with Gasteiger partial charge in [0.15, 0.2) is 0 Å². The average molecular weight is 587 g/mol. The molecule has 0 amide bonds. The topological polar surface area (TPSA) is 13.1 Å². The summed E-state index contributed by atoms with van der Waals surface area (Å²) in [5.41, 5.74) is 1.87. The third kappa shape index (κ3) is 4.09. The van der Waals surface area contributed by atoms with E-state index < -0.39 is 90.2 Å². The molecule has 1 heteroatoms. The lowest BCUT2D eigenvalue weighted by Crippen LogP contribution is -1.94. The van der Waals surface area contributed by atoms with Crippen molar-refractivity contribution >= 4 is 43.5 Å². The lowest BCUT2D eigenvalue weighted by Gasteiger charge is -2.20. The normalized spacial score (nSPS) is 15.9. The molecule has 9 aromatic rings. The van der Waals surface area contributed by atoms with Gasteiger partial charge in [-0.3, -0.25) is 0 Å². The van der Waals surface area contributed by atoms with Gasteiger partial charge in [-0.1, -0.05) is 151 Å². The third-order valence-corrected chi connectivity index (χ3v) is 8.12. The van der Waals surface area contributed by atoms with Gasteiger partial charge in [0, 0.05) is 16.3 Å². The van der Waals surface area contributed by atoms with Crippen LogP contribution in [-0.2, 0) is 0 Å². The van der Waals surface area contributed by atoms with Gasteiger partial charge < -0.3 is 4.42 Å². The van der Waals surface area contributed by atoms with Gasteiger partial charge in [-0.25, -0.2) is 0 Å². The van der Waals surface area contributed by atoms with E-state index in [1.54, 1.807) is 48.5 Å². The molecule has 0 atom stereocenters. The predicted molar refractivity (Wildman–Crippen MR) is 190 cm³/mol.